The van der Waals surface area contributed by atoms with Crippen molar-refractivity contribution < 1.29 is 18.0 Å². The van der Waals surface area contributed by atoms with E-state index in [1.165, 1.54) is 11.1 Å². The smallest absolute Gasteiger partial charge is 0.304 e. The van der Waals surface area contributed by atoms with Gasteiger partial charge in [0.2, 0.25) is 5.91 Å². The molecule has 1 saturated heterocycles. The fourth-order valence-electron chi connectivity index (χ4n) is 2.59. The molecule has 1 aromatic carbocycles. The maximum absolute atomic E-state index is 13.8. The van der Waals surface area contributed by atoms with Gasteiger partial charge < -0.3 is 9.88 Å². The molecule has 3 rings (SSSR count). The van der Waals surface area contributed by atoms with Gasteiger partial charge in [-0.1, -0.05) is 11.3 Å². The lowest BCUT2D eigenvalue weighted by atomic mass is 9.97. The van der Waals surface area contributed by atoms with Crippen molar-refractivity contribution in [2.75, 3.05) is 6.54 Å². The van der Waals surface area contributed by atoms with E-state index in [9.17, 15) is 22.8 Å². The average Bonchev–Trinajstić information content (AvgIpc) is 3.01. The van der Waals surface area contributed by atoms with Gasteiger partial charge >= 0.3 is 4.87 Å². The van der Waals surface area contributed by atoms with Crippen molar-refractivity contribution in [1.82, 2.24) is 9.88 Å². The summed E-state index contributed by atoms with van der Waals surface area (Å²) in [4.78, 5) is 27.4. The molecule has 1 amide bonds. The van der Waals surface area contributed by atoms with Crippen LogP contribution in [0.15, 0.2) is 23.1 Å². The Hall–Kier alpha value is -2.09. The first-order chi connectivity index (χ1) is 10.4. The molecule has 1 unspecified atom stereocenters. The molecule has 1 atom stereocenters. The van der Waals surface area contributed by atoms with Gasteiger partial charge in [0.1, 0.15) is 5.82 Å². The van der Waals surface area contributed by atoms with Gasteiger partial charge in [0, 0.05) is 36.0 Å². The van der Waals surface area contributed by atoms with E-state index in [0.717, 1.165) is 17.4 Å². The summed E-state index contributed by atoms with van der Waals surface area (Å²) < 4.78 is 40.4. The van der Waals surface area contributed by atoms with Crippen molar-refractivity contribution in [2.45, 2.75) is 18.9 Å². The lowest BCUT2D eigenvalue weighted by Gasteiger charge is -2.16. The molecule has 1 fully saturated rings. The minimum atomic E-state index is -1.26. The van der Waals surface area contributed by atoms with Gasteiger partial charge in [-0.25, -0.2) is 13.2 Å². The van der Waals surface area contributed by atoms with Crippen LogP contribution in [-0.4, -0.2) is 22.3 Å². The number of aromatic amines is 1. The Balaban J connectivity index is 1.81. The number of halogens is 3. The number of likely N-dealkylation sites (tertiary alicyclic amines) is 1. The number of nitrogens with zero attached hydrogens (tertiary/aromatic N) is 1. The highest BCUT2D eigenvalue weighted by molar-refractivity contribution is 7.09. The van der Waals surface area contributed by atoms with E-state index in [0.29, 0.717) is 10.9 Å². The number of nitrogens with one attached hydrogen (secondary N) is 1. The van der Waals surface area contributed by atoms with Crippen LogP contribution in [0, 0.1) is 17.5 Å². The molecular weight excluding hydrogens is 317 g/mol. The summed E-state index contributed by atoms with van der Waals surface area (Å²) >= 11 is 0.983. The van der Waals surface area contributed by atoms with Crippen molar-refractivity contribution in [2.24, 2.45) is 0 Å². The number of benzene rings is 1. The highest BCUT2D eigenvalue weighted by atomic mass is 32.1. The number of H-pyrrole nitrogens is 1. The summed E-state index contributed by atoms with van der Waals surface area (Å²) in [6.45, 7) is 0.378. The number of hydrogen-bond donors (Lipinski definition) is 1. The second-order valence-electron chi connectivity index (χ2n) is 5.11. The van der Waals surface area contributed by atoms with E-state index < -0.39 is 23.4 Å². The summed E-state index contributed by atoms with van der Waals surface area (Å²) in [7, 11) is 0. The van der Waals surface area contributed by atoms with Gasteiger partial charge in [-0.15, -0.1) is 0 Å². The maximum atomic E-state index is 13.8. The quantitative estimate of drug-likeness (QED) is 0.880. The summed E-state index contributed by atoms with van der Waals surface area (Å²) in [5, 5.41) is 0. The molecule has 116 valence electrons. The SMILES string of the molecule is O=C1CC(c2cc(F)cc(F)c2F)CN1Cc1c[nH]c(=O)s1. The Morgan fingerprint density at radius 3 is 2.73 bits per heavy atom. The van der Waals surface area contributed by atoms with Crippen LogP contribution in [0.5, 0.6) is 0 Å². The van der Waals surface area contributed by atoms with E-state index in [2.05, 4.69) is 4.98 Å². The van der Waals surface area contributed by atoms with Gasteiger partial charge in [0.15, 0.2) is 11.6 Å². The molecular formula is C14H11F3N2O2S. The number of carbonyl (C=O) groups is 1. The lowest BCUT2D eigenvalue weighted by molar-refractivity contribution is -0.128. The zero-order valence-corrected chi connectivity index (χ0v) is 12.1. The van der Waals surface area contributed by atoms with E-state index in [4.69, 9.17) is 0 Å². The molecule has 1 N–H and O–H groups in total. The molecule has 1 aromatic heterocycles. The second-order valence-corrected chi connectivity index (χ2v) is 6.21. The van der Waals surface area contributed by atoms with E-state index in [1.54, 1.807) is 0 Å². The van der Waals surface area contributed by atoms with Crippen LogP contribution in [0.1, 0.15) is 22.8 Å². The van der Waals surface area contributed by atoms with Crippen molar-refractivity contribution in [3.8, 4) is 0 Å². The number of carbonyl (C=O) groups excluding carboxylic acids is 1. The molecule has 0 bridgehead atoms. The zero-order valence-electron chi connectivity index (χ0n) is 11.2. The monoisotopic (exact) mass is 328 g/mol. The minimum Gasteiger partial charge on any atom is -0.337 e. The highest BCUT2D eigenvalue weighted by Gasteiger charge is 2.33. The van der Waals surface area contributed by atoms with Gasteiger partial charge in [-0.2, -0.15) is 0 Å². The van der Waals surface area contributed by atoms with E-state index in [-0.39, 0.29) is 35.9 Å². The molecule has 2 aromatic rings. The Morgan fingerprint density at radius 2 is 2.05 bits per heavy atom. The molecule has 1 aliphatic rings. The molecule has 22 heavy (non-hydrogen) atoms. The average molecular weight is 328 g/mol. The van der Waals surface area contributed by atoms with Crippen molar-refractivity contribution in [1.29, 1.82) is 0 Å². The first-order valence-electron chi connectivity index (χ1n) is 6.53. The van der Waals surface area contributed by atoms with Crippen LogP contribution in [-0.2, 0) is 11.3 Å². The Bertz CT molecular complexity index is 787. The Kier molecular flexibility index (Phi) is 3.78. The fourth-order valence-corrected chi connectivity index (χ4v) is 3.28. The largest absolute Gasteiger partial charge is 0.337 e. The third-order valence-corrected chi connectivity index (χ3v) is 4.41. The summed E-state index contributed by atoms with van der Waals surface area (Å²) in [6, 6.07) is 1.40. The number of hydrogen-bond acceptors (Lipinski definition) is 3. The first-order valence-corrected chi connectivity index (χ1v) is 7.35. The molecule has 0 saturated carbocycles. The van der Waals surface area contributed by atoms with Crippen LogP contribution in [0.3, 0.4) is 0 Å². The highest BCUT2D eigenvalue weighted by Crippen LogP contribution is 2.32. The minimum absolute atomic E-state index is 0.0147. The summed E-state index contributed by atoms with van der Waals surface area (Å²) in [6.07, 6.45) is 1.50. The van der Waals surface area contributed by atoms with Crippen LogP contribution in [0.2, 0.25) is 0 Å². The standard InChI is InChI=1S/C14H11F3N2O2S/c15-8-2-10(13(17)11(16)3-8)7-1-12(20)19(5-7)6-9-4-18-14(21)22-9/h2-4,7H,1,5-6H2,(H,18,21). The molecule has 2 heterocycles. The van der Waals surface area contributed by atoms with Crippen LogP contribution >= 0.6 is 11.3 Å². The van der Waals surface area contributed by atoms with Gasteiger partial charge in [0.25, 0.3) is 0 Å². The van der Waals surface area contributed by atoms with E-state index >= 15 is 0 Å². The van der Waals surface area contributed by atoms with Gasteiger partial charge in [-0.05, 0) is 11.6 Å². The molecule has 1 aliphatic heterocycles. The third kappa shape index (κ3) is 2.78. The fraction of sp³-hybridized carbons (Fsp3) is 0.286. The number of aromatic nitrogens is 1. The normalized spacial score (nSPS) is 18.2. The zero-order chi connectivity index (χ0) is 15.9. The van der Waals surface area contributed by atoms with Gasteiger partial charge in [0.05, 0.1) is 6.54 Å². The summed E-state index contributed by atoms with van der Waals surface area (Å²) in [5.41, 5.74) is -0.129. The van der Waals surface area contributed by atoms with Crippen molar-refractivity contribution >= 4 is 17.2 Å². The van der Waals surface area contributed by atoms with Gasteiger partial charge in [-0.3, -0.25) is 9.59 Å². The molecule has 4 nitrogen and oxygen atoms in total. The van der Waals surface area contributed by atoms with Crippen LogP contribution in [0.4, 0.5) is 13.2 Å². The number of amides is 1. The predicted molar refractivity (Wildman–Crippen MR) is 74.0 cm³/mol. The molecule has 8 heteroatoms. The second kappa shape index (κ2) is 5.60. The first kappa shape index (κ1) is 14.8. The third-order valence-electron chi connectivity index (χ3n) is 3.60. The predicted octanol–water partition coefficient (Wildman–Crippen LogP) is 2.37. The van der Waals surface area contributed by atoms with Crippen molar-refractivity contribution in [3.63, 3.8) is 0 Å². The van der Waals surface area contributed by atoms with E-state index in [1.807, 2.05) is 0 Å². The maximum Gasteiger partial charge on any atom is 0.304 e. The lowest BCUT2D eigenvalue weighted by Crippen LogP contribution is -2.24. The number of thiazole rings is 1. The molecule has 0 radical (unpaired) electrons. The van der Waals surface area contributed by atoms with Crippen LogP contribution in [0.25, 0.3) is 0 Å². The number of rotatable bonds is 3. The topological polar surface area (TPSA) is 53.2 Å². The van der Waals surface area contributed by atoms with Crippen LogP contribution < -0.4 is 4.87 Å². The molecule has 0 spiro atoms. The Morgan fingerprint density at radius 1 is 1.27 bits per heavy atom. The molecule has 0 aliphatic carbocycles. The summed E-state index contributed by atoms with van der Waals surface area (Å²) in [5.74, 6) is -4.09. The Labute approximate surface area is 127 Å². The van der Waals surface area contributed by atoms with Crippen molar-refractivity contribution in [3.05, 3.63) is 55.9 Å².